The van der Waals surface area contributed by atoms with Gasteiger partial charge in [-0.1, -0.05) is 6.92 Å². The summed E-state index contributed by atoms with van der Waals surface area (Å²) in [4.78, 5) is 0. The molecule has 0 saturated carbocycles. The minimum absolute atomic E-state index is 0.231. The molecule has 1 aromatic rings. The molecule has 1 fully saturated rings. The van der Waals surface area contributed by atoms with Crippen molar-refractivity contribution in [2.24, 2.45) is 5.92 Å². The highest BCUT2D eigenvalue weighted by Crippen LogP contribution is 2.37. The van der Waals surface area contributed by atoms with Gasteiger partial charge in [0.05, 0.1) is 26.9 Å². The van der Waals surface area contributed by atoms with Gasteiger partial charge in [0.1, 0.15) is 11.5 Å². The lowest BCUT2D eigenvalue weighted by atomic mass is 9.90. The molecule has 0 aromatic heterocycles. The average molecular weight is 279 g/mol. The SMILES string of the molecule is CCNC(c1cc(OC)ccc1OC)C1COC(C)C1. The summed E-state index contributed by atoms with van der Waals surface area (Å²) in [5, 5.41) is 3.57. The molecular formula is C16H25NO3. The first-order valence-electron chi connectivity index (χ1n) is 7.26. The summed E-state index contributed by atoms with van der Waals surface area (Å²) in [6.07, 6.45) is 1.40. The molecule has 1 heterocycles. The largest absolute Gasteiger partial charge is 0.497 e. The second-order valence-electron chi connectivity index (χ2n) is 5.28. The molecule has 20 heavy (non-hydrogen) atoms. The molecule has 0 radical (unpaired) electrons. The predicted molar refractivity (Wildman–Crippen MR) is 79.5 cm³/mol. The van der Waals surface area contributed by atoms with Gasteiger partial charge in [-0.3, -0.25) is 0 Å². The number of ether oxygens (including phenoxy) is 3. The van der Waals surface area contributed by atoms with Crippen molar-refractivity contribution in [2.45, 2.75) is 32.4 Å². The molecule has 1 aliphatic rings. The van der Waals surface area contributed by atoms with Gasteiger partial charge < -0.3 is 19.5 Å². The molecule has 3 atom stereocenters. The van der Waals surface area contributed by atoms with E-state index in [2.05, 4.69) is 25.2 Å². The van der Waals surface area contributed by atoms with E-state index in [0.29, 0.717) is 12.0 Å². The second-order valence-corrected chi connectivity index (χ2v) is 5.28. The van der Waals surface area contributed by atoms with Crippen LogP contribution in [0.1, 0.15) is 31.9 Å². The fourth-order valence-corrected chi connectivity index (χ4v) is 2.92. The maximum Gasteiger partial charge on any atom is 0.123 e. The Morgan fingerprint density at radius 2 is 2.15 bits per heavy atom. The Balaban J connectivity index is 2.32. The van der Waals surface area contributed by atoms with Crippen LogP contribution in [-0.2, 0) is 4.74 Å². The zero-order valence-electron chi connectivity index (χ0n) is 12.8. The van der Waals surface area contributed by atoms with E-state index in [1.807, 2.05) is 12.1 Å². The van der Waals surface area contributed by atoms with Crippen LogP contribution in [0.2, 0.25) is 0 Å². The first-order chi connectivity index (χ1) is 9.69. The van der Waals surface area contributed by atoms with Crippen LogP contribution < -0.4 is 14.8 Å². The zero-order chi connectivity index (χ0) is 14.5. The van der Waals surface area contributed by atoms with Gasteiger partial charge in [-0.05, 0) is 38.1 Å². The van der Waals surface area contributed by atoms with Crippen LogP contribution in [0.4, 0.5) is 0 Å². The van der Waals surface area contributed by atoms with Gasteiger partial charge in [-0.25, -0.2) is 0 Å². The molecule has 0 spiro atoms. The standard InChI is InChI=1S/C16H25NO3/c1-5-17-16(12-8-11(2)20-10-12)14-9-13(18-3)6-7-15(14)19-4/h6-7,9,11-12,16-17H,5,8,10H2,1-4H3. The predicted octanol–water partition coefficient (Wildman–Crippen LogP) is 2.78. The van der Waals surface area contributed by atoms with Crippen molar-refractivity contribution in [3.8, 4) is 11.5 Å². The highest BCUT2D eigenvalue weighted by atomic mass is 16.5. The number of hydrogen-bond acceptors (Lipinski definition) is 4. The van der Waals surface area contributed by atoms with E-state index in [4.69, 9.17) is 14.2 Å². The smallest absolute Gasteiger partial charge is 0.123 e. The summed E-state index contributed by atoms with van der Waals surface area (Å²) >= 11 is 0. The van der Waals surface area contributed by atoms with Crippen LogP contribution in [-0.4, -0.2) is 33.5 Å². The third-order valence-corrected chi connectivity index (χ3v) is 3.90. The van der Waals surface area contributed by atoms with E-state index < -0.39 is 0 Å². The summed E-state index contributed by atoms with van der Waals surface area (Å²) < 4.78 is 16.6. The van der Waals surface area contributed by atoms with Gasteiger partial charge >= 0.3 is 0 Å². The van der Waals surface area contributed by atoms with Crippen molar-refractivity contribution in [1.29, 1.82) is 0 Å². The van der Waals surface area contributed by atoms with E-state index in [9.17, 15) is 0 Å². The molecule has 1 N–H and O–H groups in total. The van der Waals surface area contributed by atoms with Gasteiger partial charge in [0.2, 0.25) is 0 Å². The maximum absolute atomic E-state index is 5.73. The quantitative estimate of drug-likeness (QED) is 0.869. The molecule has 1 aliphatic heterocycles. The summed E-state index contributed by atoms with van der Waals surface area (Å²) in [5.74, 6) is 2.22. The van der Waals surface area contributed by atoms with E-state index in [-0.39, 0.29) is 6.04 Å². The topological polar surface area (TPSA) is 39.7 Å². The molecule has 0 amide bonds. The van der Waals surface area contributed by atoms with Gasteiger partial charge in [0.25, 0.3) is 0 Å². The number of rotatable bonds is 6. The Labute approximate surface area is 121 Å². The summed E-state index contributed by atoms with van der Waals surface area (Å²) in [6, 6.07) is 6.20. The maximum atomic E-state index is 5.73. The number of methoxy groups -OCH3 is 2. The number of benzene rings is 1. The lowest BCUT2D eigenvalue weighted by Gasteiger charge is -2.26. The lowest BCUT2D eigenvalue weighted by molar-refractivity contribution is 0.117. The number of nitrogens with one attached hydrogen (secondary N) is 1. The summed E-state index contributed by atoms with van der Waals surface area (Å²) in [6.45, 7) is 5.96. The fraction of sp³-hybridized carbons (Fsp3) is 0.625. The molecule has 112 valence electrons. The van der Waals surface area contributed by atoms with E-state index in [1.54, 1.807) is 14.2 Å². The second kappa shape index (κ2) is 6.95. The minimum atomic E-state index is 0.231. The van der Waals surface area contributed by atoms with Gasteiger partial charge in [0.15, 0.2) is 0 Å². The van der Waals surface area contributed by atoms with Crippen LogP contribution in [0.15, 0.2) is 18.2 Å². The van der Waals surface area contributed by atoms with Gasteiger partial charge in [-0.2, -0.15) is 0 Å². The van der Waals surface area contributed by atoms with Crippen molar-refractivity contribution >= 4 is 0 Å². The van der Waals surface area contributed by atoms with E-state index in [0.717, 1.165) is 36.6 Å². The molecule has 4 nitrogen and oxygen atoms in total. The highest BCUT2D eigenvalue weighted by molar-refractivity contribution is 5.42. The van der Waals surface area contributed by atoms with Gasteiger partial charge in [0, 0.05) is 17.5 Å². The third-order valence-electron chi connectivity index (χ3n) is 3.90. The van der Waals surface area contributed by atoms with Gasteiger partial charge in [-0.15, -0.1) is 0 Å². The summed E-state index contributed by atoms with van der Waals surface area (Å²) in [7, 11) is 3.40. The Kier molecular flexibility index (Phi) is 5.26. The normalized spacial score (nSPS) is 23.6. The Morgan fingerprint density at radius 3 is 2.70 bits per heavy atom. The molecular weight excluding hydrogens is 254 g/mol. The van der Waals surface area contributed by atoms with Crippen LogP contribution >= 0.6 is 0 Å². The van der Waals surface area contributed by atoms with Crippen LogP contribution in [0, 0.1) is 5.92 Å². The molecule has 1 saturated heterocycles. The molecule has 1 aromatic carbocycles. The summed E-state index contributed by atoms with van der Waals surface area (Å²) in [5.41, 5.74) is 1.15. The highest BCUT2D eigenvalue weighted by Gasteiger charge is 2.32. The Bertz CT molecular complexity index is 436. The fourth-order valence-electron chi connectivity index (χ4n) is 2.92. The van der Waals surface area contributed by atoms with Crippen molar-refractivity contribution in [3.63, 3.8) is 0 Å². The van der Waals surface area contributed by atoms with E-state index >= 15 is 0 Å². The molecule has 3 unspecified atom stereocenters. The molecule has 0 aliphatic carbocycles. The zero-order valence-corrected chi connectivity index (χ0v) is 12.8. The lowest BCUT2D eigenvalue weighted by Crippen LogP contribution is -2.29. The third kappa shape index (κ3) is 3.25. The molecule has 0 bridgehead atoms. The van der Waals surface area contributed by atoms with E-state index in [1.165, 1.54) is 0 Å². The Hall–Kier alpha value is -1.26. The molecule has 2 rings (SSSR count). The molecule has 4 heteroatoms. The van der Waals surface area contributed by atoms with Crippen LogP contribution in [0.3, 0.4) is 0 Å². The monoisotopic (exact) mass is 279 g/mol. The number of hydrogen-bond donors (Lipinski definition) is 1. The Morgan fingerprint density at radius 1 is 1.35 bits per heavy atom. The van der Waals surface area contributed by atoms with Crippen molar-refractivity contribution in [2.75, 3.05) is 27.4 Å². The average Bonchev–Trinajstić information content (AvgIpc) is 2.90. The van der Waals surface area contributed by atoms with Crippen molar-refractivity contribution in [1.82, 2.24) is 5.32 Å². The van der Waals surface area contributed by atoms with Crippen molar-refractivity contribution in [3.05, 3.63) is 23.8 Å². The minimum Gasteiger partial charge on any atom is -0.497 e. The first kappa shape index (κ1) is 15.1. The van der Waals surface area contributed by atoms with Crippen LogP contribution in [0.5, 0.6) is 11.5 Å². The van der Waals surface area contributed by atoms with Crippen molar-refractivity contribution < 1.29 is 14.2 Å². The van der Waals surface area contributed by atoms with Crippen LogP contribution in [0.25, 0.3) is 0 Å². The first-order valence-corrected chi connectivity index (χ1v) is 7.26.